The van der Waals surface area contributed by atoms with Gasteiger partial charge >= 0.3 is 88.5 Å². The van der Waals surface area contributed by atoms with Crippen LogP contribution in [0.1, 0.15) is 22.3 Å². The fourth-order valence-electron chi connectivity index (χ4n) is 12.4. The summed E-state index contributed by atoms with van der Waals surface area (Å²) in [5.41, 5.74) is 8.11. The van der Waals surface area contributed by atoms with Gasteiger partial charge in [-0.2, -0.15) is 0 Å². The van der Waals surface area contributed by atoms with Gasteiger partial charge in [-0.1, -0.05) is 345 Å². The molecule has 11 aromatic carbocycles. The zero-order chi connectivity index (χ0) is 66.6. The summed E-state index contributed by atoms with van der Waals surface area (Å²) in [4.78, 5) is 0. The molecule has 11 aromatic rings. The monoisotopic (exact) mass is 1480 g/mol. The van der Waals surface area contributed by atoms with Gasteiger partial charge in [-0.3, -0.25) is 0 Å². The van der Waals surface area contributed by atoms with Gasteiger partial charge in [0, 0.05) is 31.1 Å². The molecule has 15 rings (SSSR count). The van der Waals surface area contributed by atoms with Crippen LogP contribution in [0.2, 0.25) is 0 Å². The Hall–Kier alpha value is -7.27. The predicted octanol–water partition coefficient (Wildman–Crippen LogP) is 6.34. The topological polar surface area (TPSA) is 129 Å². The summed E-state index contributed by atoms with van der Waals surface area (Å²) in [5.74, 6) is 0. The Bertz CT molecular complexity index is 4540. The van der Waals surface area contributed by atoms with Crippen LogP contribution in [0.3, 0.4) is 0 Å². The lowest BCUT2D eigenvalue weighted by Gasteiger charge is -2.54. The minimum absolute atomic E-state index is 0.0612. The van der Waals surface area contributed by atoms with E-state index >= 15 is 0 Å². The lowest BCUT2D eigenvalue weighted by Crippen LogP contribution is -2.86. The van der Waals surface area contributed by atoms with E-state index in [1.54, 1.807) is 0 Å². The molecule has 6 bridgehead atoms. The summed E-state index contributed by atoms with van der Waals surface area (Å²) in [7, 11) is -47.4. The van der Waals surface area contributed by atoms with Gasteiger partial charge < -0.3 is 57.9 Å². The molecule has 0 N–H and O–H groups in total. The molecule has 0 amide bonds. The average molecular weight is 1480 g/mol. The van der Waals surface area contributed by atoms with Crippen LogP contribution in [-0.2, 0) is 57.9 Å². The third-order valence-corrected chi connectivity index (χ3v) is 58.0. The first-order chi connectivity index (χ1) is 48.0. The molecule has 4 saturated heterocycles. The zero-order valence-electron chi connectivity index (χ0n) is 54.0. The number of fused-ring (bicyclic) bond motifs is 6. The summed E-state index contributed by atoms with van der Waals surface area (Å²) in [6.07, 6.45) is 3.88. The number of benzene rings is 11. The van der Waals surface area contributed by atoms with Crippen LogP contribution in [0.15, 0.2) is 333 Å². The molecule has 25 heteroatoms. The number of aryl methyl sites for hydroxylation is 2. The van der Waals surface area contributed by atoms with Crippen molar-refractivity contribution in [2.45, 2.75) is 13.8 Å². The van der Waals surface area contributed by atoms with Crippen molar-refractivity contribution in [3.8, 4) is 0 Å². The normalized spacial score (nSPS) is 28.9. The third-order valence-electron chi connectivity index (χ3n) is 17.3. The zero-order valence-corrected chi connectivity index (χ0v) is 66.3. The summed E-state index contributed by atoms with van der Waals surface area (Å²) in [6.45, 7) is 4.15. The second-order valence-corrected chi connectivity index (χ2v) is 53.4. The summed E-state index contributed by atoms with van der Waals surface area (Å²) < 4.78 is 119. The van der Waals surface area contributed by atoms with Gasteiger partial charge in [0.15, 0.2) is 0 Å². The number of rotatable bonds is 14. The summed E-state index contributed by atoms with van der Waals surface area (Å²) in [5, 5.41) is 5.40. The van der Waals surface area contributed by atoms with E-state index in [0.29, 0.717) is 36.3 Å². The highest BCUT2D eigenvalue weighted by molar-refractivity contribution is 7.10. The SMILES string of the molecule is Cc1ccc(/C=C/[Si]2(c3ccccc3)O[SiH]3CO[Si]4(c5ccccc5)O[SiH](c5ccccc5)O[Si]5(c6ccccc6)O[Si](/C=C/c6ccc(C)cc6)(c6ccccc6)O[Si](c6ccccc6)(O4)O[Si@](c4ccccc4)(O3)O[Si](c3ccccc3)(O[Si](O[SiH3])(c3ccccc3)O2)O5)cc1. The molecular formula is C73H70O14Si11. The Kier molecular flexibility index (Phi) is 19.3. The maximum Gasteiger partial charge on any atom is 0.521 e. The maximum absolute atomic E-state index is 8.89. The van der Waals surface area contributed by atoms with Crippen LogP contribution in [0.5, 0.6) is 0 Å². The van der Waals surface area contributed by atoms with Crippen molar-refractivity contribution in [2.24, 2.45) is 0 Å². The second kappa shape index (κ2) is 28.4. The Balaban J connectivity index is 1.18. The molecule has 10 atom stereocenters. The van der Waals surface area contributed by atoms with Crippen LogP contribution in [0.25, 0.3) is 12.2 Å². The smallest absolute Gasteiger partial charge is 0.422 e. The molecule has 0 radical (unpaired) electrons. The first kappa shape index (κ1) is 66.6. The summed E-state index contributed by atoms with van der Waals surface area (Å²) in [6, 6.07) is 106. The molecule has 0 saturated carbocycles. The van der Waals surface area contributed by atoms with Gasteiger partial charge in [-0.25, -0.2) is 0 Å². The van der Waals surface area contributed by atoms with Crippen molar-refractivity contribution in [2.75, 3.05) is 6.23 Å². The van der Waals surface area contributed by atoms with Crippen LogP contribution in [0.4, 0.5) is 0 Å². The first-order valence-electron chi connectivity index (χ1n) is 32.5. The van der Waals surface area contributed by atoms with Crippen molar-refractivity contribution in [3.05, 3.63) is 355 Å². The largest absolute Gasteiger partial charge is 0.521 e. The molecular weight excluding hydrogens is 1410 g/mol. The summed E-state index contributed by atoms with van der Waals surface area (Å²) >= 11 is 0. The maximum atomic E-state index is 8.89. The van der Waals surface area contributed by atoms with Gasteiger partial charge in [-0.15, -0.1) is 0 Å². The molecule has 14 nitrogen and oxygen atoms in total. The molecule has 9 unspecified atom stereocenters. The molecule has 0 aliphatic carbocycles. The Morgan fingerprint density at radius 1 is 0.306 bits per heavy atom. The van der Waals surface area contributed by atoms with Gasteiger partial charge in [0.05, 0.1) is 6.23 Å². The van der Waals surface area contributed by atoms with E-state index in [9.17, 15) is 0 Å². The highest BCUT2D eigenvalue weighted by Crippen LogP contribution is 2.41. The minimum Gasteiger partial charge on any atom is -0.422 e. The molecule has 4 aliphatic rings. The lowest BCUT2D eigenvalue weighted by molar-refractivity contribution is 0.0926. The van der Waals surface area contributed by atoms with Gasteiger partial charge in [0.2, 0.25) is 0 Å². The minimum atomic E-state index is -5.37. The second-order valence-electron chi connectivity index (χ2n) is 24.1. The molecule has 4 heterocycles. The van der Waals surface area contributed by atoms with E-state index in [1.165, 1.54) is 0 Å². The van der Waals surface area contributed by atoms with Crippen LogP contribution >= 0.6 is 0 Å². The standard InChI is InChI=1S/C73H70O14Si11/c1-61-48-52-63(53-49-61)56-58-91(66-32-14-4-15-33-66)76-89-60-74-93(68-36-18-6-19-37-68)78-90(65-30-12-3-13-31-65)79-96(71-42-24-9-25-43-71)81-92(67-34-16-5-17-35-67,59-57-64-54-50-62(2)51-55-64)82-97(83-93,72-44-26-10-27-45-72)85-95(77-89,70-40-22-8-23-41-70)86-98(87-96,73-46-28-11-29-47-73)84-94(75-88,80-91)69-38-20-7-21-39-69/h3-59,89-90H,60H2,1-2,88H3/b58-56+,59-57+/t89?,90?,91?,92?,93?,94?,95-,96?,97?,98?/m0/s1. The van der Waals surface area contributed by atoms with Gasteiger partial charge in [0.1, 0.15) is 10.5 Å². The van der Waals surface area contributed by atoms with E-state index in [4.69, 9.17) is 57.9 Å². The van der Waals surface area contributed by atoms with Gasteiger partial charge in [0.25, 0.3) is 0 Å². The average Bonchev–Trinajstić information content (AvgIpc) is 1.02. The highest BCUT2D eigenvalue weighted by Gasteiger charge is 2.76. The lowest BCUT2D eigenvalue weighted by atomic mass is 10.2. The Labute approximate surface area is 586 Å². The highest BCUT2D eigenvalue weighted by atomic mass is 28.6. The van der Waals surface area contributed by atoms with E-state index in [0.717, 1.165) is 32.6 Å². The molecule has 0 spiro atoms. The van der Waals surface area contributed by atoms with Gasteiger partial charge in [-0.05, 0) is 51.9 Å². The quantitative estimate of drug-likeness (QED) is 0.112. The van der Waals surface area contributed by atoms with Crippen molar-refractivity contribution >= 4 is 158 Å². The van der Waals surface area contributed by atoms with E-state index < -0.39 is 88.5 Å². The van der Waals surface area contributed by atoms with E-state index in [1.807, 2.05) is 273 Å². The number of hydrogen-bond acceptors (Lipinski definition) is 14. The molecule has 490 valence electrons. The van der Waals surface area contributed by atoms with Crippen molar-refractivity contribution in [1.82, 2.24) is 0 Å². The Morgan fingerprint density at radius 2 is 0.633 bits per heavy atom. The molecule has 0 aromatic heterocycles. The van der Waals surface area contributed by atoms with Crippen LogP contribution in [0, 0.1) is 13.8 Å². The van der Waals surface area contributed by atoms with Crippen LogP contribution < -0.4 is 46.7 Å². The molecule has 4 aliphatic heterocycles. The van der Waals surface area contributed by atoms with Crippen LogP contribution in [-0.4, -0.2) is 105 Å². The Morgan fingerprint density at radius 3 is 1.07 bits per heavy atom. The van der Waals surface area contributed by atoms with E-state index in [-0.39, 0.29) is 16.7 Å². The fraction of sp³-hybridized carbons (Fsp3) is 0.0411. The number of hydrogen-bond donors (Lipinski definition) is 0. The fourth-order valence-corrected chi connectivity index (χ4v) is 64.2. The third kappa shape index (κ3) is 13.4. The van der Waals surface area contributed by atoms with Crippen molar-refractivity contribution in [1.29, 1.82) is 0 Å². The molecule has 4 fully saturated rings. The first-order valence-corrected chi connectivity index (χ1v) is 50.7. The van der Waals surface area contributed by atoms with Crippen molar-refractivity contribution < 1.29 is 57.9 Å². The molecule has 98 heavy (non-hydrogen) atoms. The predicted molar refractivity (Wildman–Crippen MR) is 405 cm³/mol. The van der Waals surface area contributed by atoms with Crippen molar-refractivity contribution in [3.63, 3.8) is 0 Å². The van der Waals surface area contributed by atoms with E-state index in [2.05, 4.69) is 85.9 Å².